The number of hydrogen-bond donors (Lipinski definition) is 1. The van der Waals surface area contributed by atoms with E-state index in [2.05, 4.69) is 30.6 Å². The molecule has 0 bridgehead atoms. The van der Waals surface area contributed by atoms with Gasteiger partial charge in [0.05, 0.1) is 11.8 Å². The lowest BCUT2D eigenvalue weighted by molar-refractivity contribution is 0.179. The summed E-state index contributed by atoms with van der Waals surface area (Å²) in [7, 11) is 0. The van der Waals surface area contributed by atoms with E-state index in [9.17, 15) is 5.11 Å². The Labute approximate surface area is 92.1 Å². The van der Waals surface area contributed by atoms with Crippen molar-refractivity contribution in [1.29, 1.82) is 0 Å². The first-order valence-corrected chi connectivity index (χ1v) is 5.77. The van der Waals surface area contributed by atoms with Crippen molar-refractivity contribution >= 4 is 0 Å². The van der Waals surface area contributed by atoms with Crippen molar-refractivity contribution in [3.05, 3.63) is 17.0 Å². The Morgan fingerprint density at radius 2 is 2.07 bits per heavy atom. The van der Waals surface area contributed by atoms with Gasteiger partial charge in [0, 0.05) is 12.2 Å². The SMILES string of the molecule is CCc1c(C)nn(CCCC(C)O)c1C. The van der Waals surface area contributed by atoms with Gasteiger partial charge in [0.2, 0.25) is 0 Å². The average Bonchev–Trinajstić information content (AvgIpc) is 2.41. The van der Waals surface area contributed by atoms with Crippen LogP contribution >= 0.6 is 0 Å². The number of hydrogen-bond acceptors (Lipinski definition) is 2. The fourth-order valence-electron chi connectivity index (χ4n) is 2.00. The molecule has 3 heteroatoms. The van der Waals surface area contributed by atoms with Crippen LogP contribution in [-0.4, -0.2) is 21.0 Å². The van der Waals surface area contributed by atoms with Gasteiger partial charge in [-0.2, -0.15) is 5.10 Å². The predicted octanol–water partition coefficient (Wildman–Crippen LogP) is 2.22. The van der Waals surface area contributed by atoms with Gasteiger partial charge in [-0.15, -0.1) is 0 Å². The molecular formula is C12H22N2O. The minimum atomic E-state index is -0.201. The van der Waals surface area contributed by atoms with Gasteiger partial charge in [0.1, 0.15) is 0 Å². The highest BCUT2D eigenvalue weighted by atomic mass is 16.3. The van der Waals surface area contributed by atoms with Crippen molar-refractivity contribution in [2.45, 2.75) is 59.6 Å². The fourth-order valence-corrected chi connectivity index (χ4v) is 2.00. The van der Waals surface area contributed by atoms with Gasteiger partial charge in [-0.25, -0.2) is 0 Å². The second-order valence-electron chi connectivity index (χ2n) is 4.22. The molecule has 0 aromatic carbocycles. The molecule has 15 heavy (non-hydrogen) atoms. The molecule has 0 aliphatic heterocycles. The van der Waals surface area contributed by atoms with Crippen LogP contribution in [0.25, 0.3) is 0 Å². The highest BCUT2D eigenvalue weighted by molar-refractivity contribution is 5.24. The molecule has 86 valence electrons. The number of aliphatic hydroxyl groups excluding tert-OH is 1. The van der Waals surface area contributed by atoms with Crippen LogP contribution in [0.4, 0.5) is 0 Å². The standard InChI is InChI=1S/C12H22N2O/c1-5-12-10(3)13-14(11(12)4)8-6-7-9(2)15/h9,15H,5-8H2,1-4H3. The predicted molar refractivity (Wildman–Crippen MR) is 62.0 cm³/mol. The number of aliphatic hydroxyl groups is 1. The van der Waals surface area contributed by atoms with E-state index in [0.717, 1.165) is 31.5 Å². The molecule has 0 aliphatic carbocycles. The molecule has 1 unspecified atom stereocenters. The Morgan fingerprint density at radius 1 is 1.40 bits per heavy atom. The summed E-state index contributed by atoms with van der Waals surface area (Å²) in [6, 6.07) is 0. The quantitative estimate of drug-likeness (QED) is 0.809. The zero-order valence-corrected chi connectivity index (χ0v) is 10.2. The Bertz CT molecular complexity index is 316. The van der Waals surface area contributed by atoms with Crippen molar-refractivity contribution in [3.8, 4) is 0 Å². The lowest BCUT2D eigenvalue weighted by atomic mass is 10.1. The molecule has 1 heterocycles. The van der Waals surface area contributed by atoms with Gasteiger partial charge in [0.25, 0.3) is 0 Å². The molecule has 3 nitrogen and oxygen atoms in total. The van der Waals surface area contributed by atoms with Crippen LogP contribution in [0.2, 0.25) is 0 Å². The Kier molecular flexibility index (Phi) is 4.33. The largest absolute Gasteiger partial charge is 0.393 e. The smallest absolute Gasteiger partial charge is 0.0628 e. The van der Waals surface area contributed by atoms with Crippen molar-refractivity contribution < 1.29 is 5.11 Å². The van der Waals surface area contributed by atoms with Gasteiger partial charge < -0.3 is 5.11 Å². The van der Waals surface area contributed by atoms with E-state index in [4.69, 9.17) is 0 Å². The summed E-state index contributed by atoms with van der Waals surface area (Å²) in [4.78, 5) is 0. The van der Waals surface area contributed by atoms with Crippen molar-refractivity contribution in [3.63, 3.8) is 0 Å². The monoisotopic (exact) mass is 210 g/mol. The van der Waals surface area contributed by atoms with E-state index >= 15 is 0 Å². The molecule has 0 spiro atoms. The van der Waals surface area contributed by atoms with E-state index in [1.807, 2.05) is 6.92 Å². The second kappa shape index (κ2) is 5.31. The highest BCUT2D eigenvalue weighted by Crippen LogP contribution is 2.14. The van der Waals surface area contributed by atoms with E-state index in [1.54, 1.807) is 0 Å². The molecule has 1 N–H and O–H groups in total. The van der Waals surface area contributed by atoms with Crippen molar-refractivity contribution in [1.82, 2.24) is 9.78 Å². The fraction of sp³-hybridized carbons (Fsp3) is 0.750. The van der Waals surface area contributed by atoms with Gasteiger partial charge in [-0.3, -0.25) is 4.68 Å². The molecule has 1 aromatic rings. The first-order chi connectivity index (χ1) is 7.06. The molecule has 0 aliphatic rings. The van der Waals surface area contributed by atoms with Crippen LogP contribution in [0, 0.1) is 13.8 Å². The zero-order chi connectivity index (χ0) is 11.4. The van der Waals surface area contributed by atoms with E-state index in [-0.39, 0.29) is 6.10 Å². The number of aryl methyl sites for hydroxylation is 2. The maximum absolute atomic E-state index is 9.18. The lowest BCUT2D eigenvalue weighted by Gasteiger charge is -2.06. The minimum absolute atomic E-state index is 0.201. The first kappa shape index (κ1) is 12.2. The summed E-state index contributed by atoms with van der Waals surface area (Å²) in [6.07, 6.45) is 2.68. The molecule has 0 amide bonds. The van der Waals surface area contributed by atoms with Crippen LogP contribution in [0.5, 0.6) is 0 Å². The molecule has 0 saturated heterocycles. The van der Waals surface area contributed by atoms with Crippen LogP contribution in [0.3, 0.4) is 0 Å². The number of nitrogens with zero attached hydrogens (tertiary/aromatic N) is 2. The summed E-state index contributed by atoms with van der Waals surface area (Å²) < 4.78 is 2.07. The Balaban J connectivity index is 2.62. The zero-order valence-electron chi connectivity index (χ0n) is 10.2. The van der Waals surface area contributed by atoms with Crippen LogP contribution in [0.15, 0.2) is 0 Å². The Morgan fingerprint density at radius 3 is 2.53 bits per heavy atom. The maximum atomic E-state index is 9.18. The first-order valence-electron chi connectivity index (χ1n) is 5.77. The van der Waals surface area contributed by atoms with Gasteiger partial charge in [0.15, 0.2) is 0 Å². The number of aromatic nitrogens is 2. The highest BCUT2D eigenvalue weighted by Gasteiger charge is 2.09. The minimum Gasteiger partial charge on any atom is -0.393 e. The van der Waals surface area contributed by atoms with Gasteiger partial charge in [-0.05, 0) is 45.6 Å². The molecule has 0 saturated carbocycles. The lowest BCUT2D eigenvalue weighted by Crippen LogP contribution is -2.06. The summed E-state index contributed by atoms with van der Waals surface area (Å²) in [5.41, 5.74) is 3.79. The van der Waals surface area contributed by atoms with Crippen molar-refractivity contribution in [2.75, 3.05) is 0 Å². The van der Waals surface area contributed by atoms with E-state index < -0.39 is 0 Å². The molecule has 1 rings (SSSR count). The molecule has 0 radical (unpaired) electrons. The second-order valence-corrected chi connectivity index (χ2v) is 4.22. The van der Waals surface area contributed by atoms with Crippen LogP contribution in [-0.2, 0) is 13.0 Å². The van der Waals surface area contributed by atoms with Crippen LogP contribution < -0.4 is 0 Å². The maximum Gasteiger partial charge on any atom is 0.0628 e. The molecule has 1 atom stereocenters. The third kappa shape index (κ3) is 3.06. The summed E-state index contributed by atoms with van der Waals surface area (Å²) >= 11 is 0. The van der Waals surface area contributed by atoms with Crippen molar-refractivity contribution in [2.24, 2.45) is 0 Å². The van der Waals surface area contributed by atoms with E-state index in [1.165, 1.54) is 11.3 Å². The third-order valence-corrected chi connectivity index (χ3v) is 2.88. The molecular weight excluding hydrogens is 188 g/mol. The third-order valence-electron chi connectivity index (χ3n) is 2.88. The summed E-state index contributed by atoms with van der Waals surface area (Å²) in [6.45, 7) is 9.10. The van der Waals surface area contributed by atoms with Crippen LogP contribution in [0.1, 0.15) is 43.6 Å². The normalized spacial score (nSPS) is 13.1. The topological polar surface area (TPSA) is 38.0 Å². The average molecular weight is 210 g/mol. The number of rotatable bonds is 5. The summed E-state index contributed by atoms with van der Waals surface area (Å²) in [5, 5.41) is 13.7. The van der Waals surface area contributed by atoms with Gasteiger partial charge in [-0.1, -0.05) is 6.92 Å². The Hall–Kier alpha value is -0.830. The summed E-state index contributed by atoms with van der Waals surface area (Å²) in [5.74, 6) is 0. The van der Waals surface area contributed by atoms with E-state index in [0.29, 0.717) is 0 Å². The van der Waals surface area contributed by atoms with Gasteiger partial charge >= 0.3 is 0 Å². The molecule has 1 aromatic heterocycles. The molecule has 0 fully saturated rings.